The summed E-state index contributed by atoms with van der Waals surface area (Å²) in [6.07, 6.45) is -4.50. The third kappa shape index (κ3) is 6.06. The van der Waals surface area contributed by atoms with Crippen LogP contribution < -0.4 is 5.32 Å². The fourth-order valence-electron chi connectivity index (χ4n) is 3.78. The van der Waals surface area contributed by atoms with Crippen molar-refractivity contribution < 1.29 is 22.8 Å². The number of halogens is 3. The van der Waals surface area contributed by atoms with Crippen molar-refractivity contribution in [3.8, 4) is 16.9 Å². The second kappa shape index (κ2) is 10.7. The number of anilines is 1. The molecular weight excluding hydrogens is 481 g/mol. The van der Waals surface area contributed by atoms with Gasteiger partial charge in [-0.1, -0.05) is 48.5 Å². The Bertz CT molecular complexity index is 1370. The van der Waals surface area contributed by atoms with Crippen LogP contribution in [0.15, 0.2) is 91.0 Å². The molecule has 1 N–H and O–H groups in total. The molecule has 0 saturated carbocycles. The molecule has 0 spiro atoms. The van der Waals surface area contributed by atoms with Gasteiger partial charge in [0.05, 0.1) is 16.9 Å². The average molecular weight is 507 g/mol. The number of hydrogen-bond acceptors (Lipinski definition) is 3. The number of nitrogens with zero attached hydrogens (tertiary/aromatic N) is 3. The van der Waals surface area contributed by atoms with Crippen LogP contribution in [0.2, 0.25) is 0 Å². The molecule has 6 nitrogen and oxygen atoms in total. The Balaban J connectivity index is 1.57. The molecule has 2 amide bonds. The van der Waals surface area contributed by atoms with Crippen molar-refractivity contribution in [2.75, 3.05) is 11.9 Å². The van der Waals surface area contributed by atoms with E-state index < -0.39 is 23.6 Å². The molecule has 0 aliphatic heterocycles. The van der Waals surface area contributed by atoms with E-state index in [0.717, 1.165) is 35.5 Å². The Kier molecular flexibility index (Phi) is 7.42. The maximum atomic E-state index is 13.1. The fraction of sp³-hybridized carbons (Fsp3) is 0.179. The van der Waals surface area contributed by atoms with Gasteiger partial charge in [0.1, 0.15) is 12.4 Å². The molecule has 0 aliphatic carbocycles. The number of carbonyl (C=O) groups is 2. The highest BCUT2D eigenvalue weighted by atomic mass is 19.4. The SMILES string of the molecule is CC(C)N(CC(=O)Nc1cc(-c2ccccc2)nn1-c1ccccc1)C(=O)c1ccc(C(F)(F)F)cc1. The van der Waals surface area contributed by atoms with E-state index in [9.17, 15) is 22.8 Å². The molecule has 1 aromatic heterocycles. The van der Waals surface area contributed by atoms with E-state index in [0.29, 0.717) is 11.5 Å². The van der Waals surface area contributed by atoms with Crippen LogP contribution in [0.25, 0.3) is 16.9 Å². The highest BCUT2D eigenvalue weighted by molar-refractivity contribution is 5.99. The van der Waals surface area contributed by atoms with Gasteiger partial charge in [0.15, 0.2) is 0 Å². The van der Waals surface area contributed by atoms with Gasteiger partial charge >= 0.3 is 6.18 Å². The van der Waals surface area contributed by atoms with Gasteiger partial charge in [-0.25, -0.2) is 4.68 Å². The average Bonchev–Trinajstić information content (AvgIpc) is 3.31. The Morgan fingerprint density at radius 3 is 2.08 bits per heavy atom. The van der Waals surface area contributed by atoms with E-state index in [1.807, 2.05) is 60.7 Å². The number of nitrogens with one attached hydrogen (secondary N) is 1. The van der Waals surface area contributed by atoms with Crippen LogP contribution in [-0.2, 0) is 11.0 Å². The minimum absolute atomic E-state index is 0.0650. The first-order valence-corrected chi connectivity index (χ1v) is 11.6. The molecule has 0 unspecified atom stereocenters. The fourth-order valence-corrected chi connectivity index (χ4v) is 3.78. The van der Waals surface area contributed by atoms with Gasteiger partial charge in [0.25, 0.3) is 5.91 Å². The van der Waals surface area contributed by atoms with Crippen molar-refractivity contribution in [3.05, 3.63) is 102 Å². The molecule has 0 bridgehead atoms. The number of rotatable bonds is 7. The summed E-state index contributed by atoms with van der Waals surface area (Å²) in [5, 5.41) is 7.50. The summed E-state index contributed by atoms with van der Waals surface area (Å²) in [6, 6.07) is 24.1. The van der Waals surface area contributed by atoms with Crippen molar-refractivity contribution in [1.82, 2.24) is 14.7 Å². The number of aromatic nitrogens is 2. The molecule has 37 heavy (non-hydrogen) atoms. The number of amides is 2. The van der Waals surface area contributed by atoms with Gasteiger partial charge in [0.2, 0.25) is 5.91 Å². The van der Waals surface area contributed by atoms with E-state index in [-0.39, 0.29) is 18.2 Å². The molecule has 0 fully saturated rings. The predicted octanol–water partition coefficient (Wildman–Crippen LogP) is 6.05. The number of alkyl halides is 3. The summed E-state index contributed by atoms with van der Waals surface area (Å²) < 4.78 is 40.3. The Hall–Kier alpha value is -4.40. The molecule has 1 heterocycles. The topological polar surface area (TPSA) is 67.2 Å². The lowest BCUT2D eigenvalue weighted by Gasteiger charge is -2.26. The lowest BCUT2D eigenvalue weighted by molar-refractivity contribution is -0.137. The second-order valence-electron chi connectivity index (χ2n) is 8.68. The maximum absolute atomic E-state index is 13.1. The van der Waals surface area contributed by atoms with Crippen molar-refractivity contribution in [2.45, 2.75) is 26.1 Å². The Morgan fingerprint density at radius 1 is 0.919 bits per heavy atom. The van der Waals surface area contributed by atoms with Crippen LogP contribution in [-0.4, -0.2) is 39.1 Å². The van der Waals surface area contributed by atoms with Gasteiger partial charge in [-0.15, -0.1) is 0 Å². The largest absolute Gasteiger partial charge is 0.416 e. The number of carbonyl (C=O) groups excluding carboxylic acids is 2. The standard InChI is InChI=1S/C28H25F3N4O2/c1-19(2)34(27(37)21-13-15-22(16-14-21)28(29,30)31)18-26(36)32-25-17-24(20-9-5-3-6-10-20)33-35(25)23-11-7-4-8-12-23/h3-17,19H,18H2,1-2H3,(H,32,36). The van der Waals surface area contributed by atoms with E-state index >= 15 is 0 Å². The monoisotopic (exact) mass is 506 g/mol. The highest BCUT2D eigenvalue weighted by Crippen LogP contribution is 2.29. The maximum Gasteiger partial charge on any atom is 0.416 e. The minimum Gasteiger partial charge on any atom is -0.327 e. The predicted molar refractivity (Wildman–Crippen MR) is 135 cm³/mol. The van der Waals surface area contributed by atoms with Crippen molar-refractivity contribution in [2.24, 2.45) is 0 Å². The lowest BCUT2D eigenvalue weighted by Crippen LogP contribution is -2.42. The molecule has 0 radical (unpaired) electrons. The molecule has 190 valence electrons. The molecule has 0 saturated heterocycles. The van der Waals surface area contributed by atoms with Crippen LogP contribution in [0.5, 0.6) is 0 Å². The molecule has 3 aromatic carbocycles. The zero-order valence-corrected chi connectivity index (χ0v) is 20.2. The second-order valence-corrected chi connectivity index (χ2v) is 8.68. The highest BCUT2D eigenvalue weighted by Gasteiger charge is 2.31. The smallest absolute Gasteiger partial charge is 0.327 e. The van der Waals surface area contributed by atoms with Gasteiger partial charge in [-0.3, -0.25) is 9.59 Å². The summed E-state index contributed by atoms with van der Waals surface area (Å²) >= 11 is 0. The quantitative estimate of drug-likeness (QED) is 0.332. The first kappa shape index (κ1) is 25.7. The van der Waals surface area contributed by atoms with Crippen LogP contribution in [0.4, 0.5) is 19.0 Å². The minimum atomic E-state index is -4.50. The van der Waals surface area contributed by atoms with Gasteiger partial charge in [-0.2, -0.15) is 18.3 Å². The lowest BCUT2D eigenvalue weighted by atomic mass is 10.1. The van der Waals surface area contributed by atoms with Crippen LogP contribution in [0.1, 0.15) is 29.8 Å². The van der Waals surface area contributed by atoms with E-state index in [4.69, 9.17) is 0 Å². The normalized spacial score (nSPS) is 11.4. The summed E-state index contributed by atoms with van der Waals surface area (Å²) in [5.74, 6) is -0.591. The Labute approximate surface area is 212 Å². The zero-order chi connectivity index (χ0) is 26.6. The van der Waals surface area contributed by atoms with Crippen LogP contribution in [0.3, 0.4) is 0 Å². The summed E-state index contributed by atoms with van der Waals surface area (Å²) in [6.45, 7) is 3.17. The molecule has 9 heteroatoms. The van der Waals surface area contributed by atoms with Crippen LogP contribution >= 0.6 is 0 Å². The molecule has 4 rings (SSSR count). The molecule has 0 aliphatic rings. The molecule has 0 atom stereocenters. The zero-order valence-electron chi connectivity index (χ0n) is 20.2. The third-order valence-electron chi connectivity index (χ3n) is 5.70. The van der Waals surface area contributed by atoms with E-state index in [1.165, 1.54) is 4.90 Å². The summed E-state index contributed by atoms with van der Waals surface area (Å²) in [5.41, 5.74) is 1.48. The van der Waals surface area contributed by atoms with Gasteiger partial charge < -0.3 is 10.2 Å². The molecular formula is C28H25F3N4O2. The summed E-state index contributed by atoms with van der Waals surface area (Å²) in [7, 11) is 0. The summed E-state index contributed by atoms with van der Waals surface area (Å²) in [4.78, 5) is 27.4. The van der Waals surface area contributed by atoms with Crippen molar-refractivity contribution in [1.29, 1.82) is 0 Å². The first-order valence-electron chi connectivity index (χ1n) is 11.6. The van der Waals surface area contributed by atoms with Crippen molar-refractivity contribution in [3.63, 3.8) is 0 Å². The van der Waals surface area contributed by atoms with E-state index in [1.54, 1.807) is 24.6 Å². The van der Waals surface area contributed by atoms with Gasteiger partial charge in [-0.05, 0) is 50.2 Å². The number of benzene rings is 3. The van der Waals surface area contributed by atoms with Crippen LogP contribution in [0, 0.1) is 0 Å². The van der Waals surface area contributed by atoms with Crippen molar-refractivity contribution >= 4 is 17.6 Å². The third-order valence-corrected chi connectivity index (χ3v) is 5.70. The Morgan fingerprint density at radius 2 is 1.51 bits per heavy atom. The number of para-hydroxylation sites is 1. The first-order chi connectivity index (χ1) is 17.6. The molecule has 4 aromatic rings. The number of hydrogen-bond donors (Lipinski definition) is 1. The van der Waals surface area contributed by atoms with E-state index in [2.05, 4.69) is 10.4 Å². The van der Waals surface area contributed by atoms with Gasteiger partial charge in [0, 0.05) is 23.2 Å².